The number of hydrogen-bond donors (Lipinski definition) is 1. The van der Waals surface area contributed by atoms with E-state index in [1.165, 1.54) is 0 Å². The van der Waals surface area contributed by atoms with Crippen molar-refractivity contribution in [3.63, 3.8) is 0 Å². The van der Waals surface area contributed by atoms with E-state index < -0.39 is 18.1 Å². The van der Waals surface area contributed by atoms with Crippen LogP contribution >= 0.6 is 0 Å². The van der Waals surface area contributed by atoms with Crippen molar-refractivity contribution in [1.29, 1.82) is 0 Å². The van der Waals surface area contributed by atoms with Crippen LogP contribution in [0.3, 0.4) is 0 Å². The van der Waals surface area contributed by atoms with Crippen molar-refractivity contribution in [2.45, 2.75) is 154 Å². The predicted octanol–water partition coefficient (Wildman–Crippen LogP) is 13.6. The number of aliphatic carboxylic acids is 1. The largest absolute Gasteiger partial charge is 0.477 e. The van der Waals surface area contributed by atoms with Gasteiger partial charge < -0.3 is 23.8 Å². The molecule has 0 radical (unpaired) electrons. The van der Waals surface area contributed by atoms with E-state index in [2.05, 4.69) is 148 Å². The first-order chi connectivity index (χ1) is 30.6. The number of carbonyl (C=O) groups is 3. The molecule has 0 bridgehead atoms. The van der Waals surface area contributed by atoms with E-state index in [0.29, 0.717) is 19.3 Å². The average molecular weight is 873 g/mol. The van der Waals surface area contributed by atoms with Gasteiger partial charge in [0.1, 0.15) is 6.61 Å². The van der Waals surface area contributed by atoms with Crippen LogP contribution in [0.5, 0.6) is 0 Å². The summed E-state index contributed by atoms with van der Waals surface area (Å²) in [6.07, 6.45) is 63.7. The molecule has 0 aromatic carbocycles. The maximum absolute atomic E-state index is 12.7. The monoisotopic (exact) mass is 873 g/mol. The van der Waals surface area contributed by atoms with Crippen LogP contribution in [-0.4, -0.2) is 80.6 Å². The Kier molecular flexibility index (Phi) is 40.9. The lowest BCUT2D eigenvalue weighted by atomic mass is 10.1. The maximum Gasteiger partial charge on any atom is 0.362 e. The molecule has 0 amide bonds. The Labute approximate surface area is 383 Å². The van der Waals surface area contributed by atoms with Crippen molar-refractivity contribution < 1.29 is 38.2 Å². The number of rotatable bonds is 40. The van der Waals surface area contributed by atoms with Crippen LogP contribution in [-0.2, 0) is 28.6 Å². The van der Waals surface area contributed by atoms with Crippen molar-refractivity contribution in [1.82, 2.24) is 0 Å². The molecule has 0 rings (SSSR count). The molecule has 0 saturated heterocycles. The SMILES string of the molecule is CC/C=C/C/C=C/C/C=C/C/C=C/C/C=C/C/C=C/C/C=C/CCCC(=O)OC(COCCC(C(=O)O)[N+](C)(C)C)COC(=O)CCCCC/C=C/C/C=C/C/C=C/C/C=C/CC. The summed E-state index contributed by atoms with van der Waals surface area (Å²) in [6, 6.07) is -0.640. The van der Waals surface area contributed by atoms with Crippen LogP contribution in [0.2, 0.25) is 0 Å². The number of carboxylic acid groups (broad SMARTS) is 1. The lowest BCUT2D eigenvalue weighted by Gasteiger charge is -2.31. The Morgan fingerprint density at radius 3 is 1.25 bits per heavy atom. The molecular weight excluding hydrogens is 787 g/mol. The smallest absolute Gasteiger partial charge is 0.362 e. The van der Waals surface area contributed by atoms with Gasteiger partial charge in [-0.25, -0.2) is 4.79 Å². The quantitative estimate of drug-likeness (QED) is 0.0283. The lowest BCUT2D eigenvalue weighted by molar-refractivity contribution is -0.887. The summed E-state index contributed by atoms with van der Waals surface area (Å²) in [5, 5.41) is 9.64. The average Bonchev–Trinajstić information content (AvgIpc) is 3.24. The third kappa shape index (κ3) is 42.5. The van der Waals surface area contributed by atoms with E-state index in [9.17, 15) is 19.5 Å². The van der Waals surface area contributed by atoms with E-state index >= 15 is 0 Å². The van der Waals surface area contributed by atoms with Gasteiger partial charge in [0.2, 0.25) is 0 Å². The fourth-order valence-electron chi connectivity index (χ4n) is 5.95. The minimum Gasteiger partial charge on any atom is -0.477 e. The van der Waals surface area contributed by atoms with Crippen LogP contribution < -0.4 is 0 Å². The van der Waals surface area contributed by atoms with Crippen LogP contribution in [0.25, 0.3) is 0 Å². The molecule has 63 heavy (non-hydrogen) atoms. The number of hydrogen-bond acceptors (Lipinski definition) is 6. The summed E-state index contributed by atoms with van der Waals surface area (Å²) >= 11 is 0. The number of allylic oxidation sites excluding steroid dienone is 22. The van der Waals surface area contributed by atoms with Gasteiger partial charge in [-0.2, -0.15) is 0 Å². The third-order valence-electron chi connectivity index (χ3n) is 9.55. The number of quaternary nitrogens is 1. The van der Waals surface area contributed by atoms with Crippen molar-refractivity contribution >= 4 is 17.9 Å². The lowest BCUT2D eigenvalue weighted by Crippen LogP contribution is -2.50. The van der Waals surface area contributed by atoms with Crippen molar-refractivity contribution in [3.05, 3.63) is 134 Å². The molecule has 0 aromatic heterocycles. The molecule has 1 N–H and O–H groups in total. The maximum atomic E-state index is 12.7. The highest BCUT2D eigenvalue weighted by Crippen LogP contribution is 2.11. The fourth-order valence-corrected chi connectivity index (χ4v) is 5.95. The minimum absolute atomic E-state index is 0.0171. The summed E-state index contributed by atoms with van der Waals surface area (Å²) in [5.74, 6) is -1.61. The van der Waals surface area contributed by atoms with Crippen molar-refractivity contribution in [3.8, 4) is 0 Å². The number of nitrogens with zero attached hydrogens (tertiary/aromatic N) is 1. The molecule has 0 aliphatic rings. The zero-order chi connectivity index (χ0) is 46.3. The van der Waals surface area contributed by atoms with Gasteiger partial charge in [-0.1, -0.05) is 154 Å². The fraction of sp³-hybridized carbons (Fsp3) is 0.545. The predicted molar refractivity (Wildman–Crippen MR) is 265 cm³/mol. The molecule has 0 heterocycles. The van der Waals surface area contributed by atoms with Gasteiger partial charge >= 0.3 is 17.9 Å². The van der Waals surface area contributed by atoms with Crippen LogP contribution in [0.1, 0.15) is 142 Å². The van der Waals surface area contributed by atoms with Crippen molar-refractivity contribution in [2.75, 3.05) is 41.0 Å². The van der Waals surface area contributed by atoms with E-state index in [-0.39, 0.29) is 42.7 Å². The van der Waals surface area contributed by atoms with Gasteiger partial charge in [0.05, 0.1) is 34.4 Å². The molecule has 2 atom stereocenters. The molecule has 0 spiro atoms. The molecule has 8 nitrogen and oxygen atoms in total. The molecular formula is C55H86NO7+. The van der Waals surface area contributed by atoms with E-state index in [4.69, 9.17) is 14.2 Å². The second kappa shape index (κ2) is 44.1. The van der Waals surface area contributed by atoms with Gasteiger partial charge in [-0.05, 0) is 103 Å². The number of carboxylic acids is 1. The number of ether oxygens (including phenoxy) is 3. The first kappa shape index (κ1) is 58.5. The Balaban J connectivity index is 4.50. The molecule has 0 aliphatic heterocycles. The molecule has 0 fully saturated rings. The minimum atomic E-state index is -0.895. The van der Waals surface area contributed by atoms with Crippen molar-refractivity contribution in [2.24, 2.45) is 0 Å². The third-order valence-corrected chi connectivity index (χ3v) is 9.55. The summed E-state index contributed by atoms with van der Waals surface area (Å²) in [4.78, 5) is 37.1. The van der Waals surface area contributed by atoms with Crippen LogP contribution in [0.15, 0.2) is 134 Å². The normalized spacial score (nSPS) is 14.1. The summed E-state index contributed by atoms with van der Waals surface area (Å²) < 4.78 is 17.2. The van der Waals surface area contributed by atoms with E-state index in [0.717, 1.165) is 103 Å². The van der Waals surface area contributed by atoms with E-state index in [1.54, 1.807) is 0 Å². The van der Waals surface area contributed by atoms with Gasteiger partial charge in [-0.3, -0.25) is 9.59 Å². The molecule has 8 heteroatoms. The number of likely N-dealkylation sites (N-methyl/N-ethyl adjacent to an activating group) is 1. The second-order valence-electron chi connectivity index (χ2n) is 16.2. The Hall–Kier alpha value is -4.53. The molecule has 0 aromatic rings. The number of esters is 2. The first-order valence-electron chi connectivity index (χ1n) is 23.7. The van der Waals surface area contributed by atoms with Crippen LogP contribution in [0.4, 0.5) is 0 Å². The van der Waals surface area contributed by atoms with E-state index in [1.807, 2.05) is 21.1 Å². The highest BCUT2D eigenvalue weighted by molar-refractivity contribution is 5.72. The number of unbranched alkanes of at least 4 members (excludes halogenated alkanes) is 4. The summed E-state index contributed by atoms with van der Waals surface area (Å²) in [6.45, 7) is 4.38. The van der Waals surface area contributed by atoms with Crippen LogP contribution in [0, 0.1) is 0 Å². The Morgan fingerprint density at radius 1 is 0.476 bits per heavy atom. The standard InChI is InChI=1S/C55H85NO7/c1-6-8-10-12-14-16-18-20-22-24-25-26-27-28-29-30-32-34-36-38-40-42-44-46-54(58)63-51(49-61-48-47-52(55(59)60)56(3,4)5)50-62-53(57)45-43-41-39-37-35-33-31-23-21-19-17-15-13-11-9-7-2/h8-11,14-17,20-23,25-26,28-29,32-35,38,40,51-52H,6-7,12-13,18-19,24,27,30-31,36-37,39,41-50H2,1-5H3/p+1/b10-8+,11-9+,16-14+,17-15+,22-20+,23-21+,26-25+,29-28+,34-32+,35-33+,40-38+. The first-order valence-corrected chi connectivity index (χ1v) is 23.7. The number of carbonyl (C=O) groups excluding carboxylic acids is 2. The topological polar surface area (TPSA) is 99.1 Å². The second-order valence-corrected chi connectivity index (χ2v) is 16.2. The van der Waals surface area contributed by atoms with Gasteiger partial charge in [0.15, 0.2) is 12.1 Å². The van der Waals surface area contributed by atoms with Gasteiger partial charge in [-0.15, -0.1) is 0 Å². The molecule has 0 saturated carbocycles. The summed E-state index contributed by atoms with van der Waals surface area (Å²) in [5.41, 5.74) is 0. The zero-order valence-electron chi connectivity index (χ0n) is 40.0. The Bertz CT molecular complexity index is 1480. The summed E-state index contributed by atoms with van der Waals surface area (Å²) in [7, 11) is 5.48. The molecule has 2 unspecified atom stereocenters. The van der Waals surface area contributed by atoms with Gasteiger partial charge in [0, 0.05) is 19.3 Å². The van der Waals surface area contributed by atoms with Gasteiger partial charge in [0.25, 0.3) is 0 Å². The Morgan fingerprint density at radius 2 is 0.857 bits per heavy atom. The highest BCUT2D eigenvalue weighted by atomic mass is 16.6. The highest BCUT2D eigenvalue weighted by Gasteiger charge is 2.31. The molecule has 352 valence electrons. The molecule has 0 aliphatic carbocycles. The zero-order valence-corrected chi connectivity index (χ0v) is 40.0.